The van der Waals surface area contributed by atoms with Crippen molar-refractivity contribution in [2.45, 2.75) is 67.3 Å². The highest BCUT2D eigenvalue weighted by molar-refractivity contribution is 6.15. The Morgan fingerprint density at radius 2 is 1.13 bits per heavy atom. The summed E-state index contributed by atoms with van der Waals surface area (Å²) < 4.78 is 6.02. The highest BCUT2D eigenvalue weighted by Gasteiger charge is 2.83. The van der Waals surface area contributed by atoms with E-state index >= 15 is 0 Å². The first-order chi connectivity index (χ1) is 17.3. The second-order valence-electron chi connectivity index (χ2n) is 14.9. The minimum atomic E-state index is -2.41. The predicted octanol–water partition coefficient (Wildman–Crippen LogP) is 3.09. The summed E-state index contributed by atoms with van der Waals surface area (Å²) in [5, 5.41) is 34.0. The lowest BCUT2D eigenvalue weighted by Crippen LogP contribution is -2.62. The summed E-state index contributed by atoms with van der Waals surface area (Å²) in [4.78, 5) is 54.3. The van der Waals surface area contributed by atoms with E-state index in [0.717, 1.165) is 0 Å². The molecule has 8 nitrogen and oxygen atoms in total. The fourth-order valence-corrected chi connectivity index (χ4v) is 11.2. The monoisotopic (exact) mass is 524 g/mol. The first kappa shape index (κ1) is 24.7. The van der Waals surface area contributed by atoms with Gasteiger partial charge in [0.2, 0.25) is 23.1 Å². The van der Waals surface area contributed by atoms with Gasteiger partial charge in [0.05, 0.1) is 5.57 Å². The third kappa shape index (κ3) is 2.11. The number of aliphatic hydroxyl groups is 3. The average molecular weight is 525 g/mol. The Balaban J connectivity index is 1.43. The van der Waals surface area contributed by atoms with Crippen molar-refractivity contribution in [1.82, 2.24) is 0 Å². The molecule has 0 amide bonds. The zero-order valence-electron chi connectivity index (χ0n) is 23.1. The SMILES string of the molecule is CC1C2C(OC3(O)C(=O)C4=C(O)C(=O)C5C(C5(C)C)C4(C)C(C)C23)C(=O)C2=C(O)C(=O)C3C(C3(C)C)C21C. The van der Waals surface area contributed by atoms with Crippen LogP contribution in [0, 0.1) is 69.0 Å². The highest BCUT2D eigenvalue weighted by Crippen LogP contribution is 2.79. The number of Topliss-reactive ketones (excluding diaryl/α,β-unsaturated/α-hetero) is 4. The molecule has 7 rings (SSSR count). The van der Waals surface area contributed by atoms with Crippen LogP contribution in [0.15, 0.2) is 22.7 Å². The van der Waals surface area contributed by atoms with Gasteiger partial charge in [0.1, 0.15) is 6.10 Å². The van der Waals surface area contributed by atoms with Gasteiger partial charge in [-0.3, -0.25) is 19.2 Å². The largest absolute Gasteiger partial charge is 0.504 e. The van der Waals surface area contributed by atoms with E-state index in [-0.39, 0.29) is 28.9 Å². The maximum Gasteiger partial charge on any atom is 0.235 e. The van der Waals surface area contributed by atoms with Gasteiger partial charge in [-0.25, -0.2) is 0 Å². The molecule has 3 N–H and O–H groups in total. The molecule has 0 radical (unpaired) electrons. The number of fused-ring (bicyclic) bond motifs is 9. The molecule has 4 saturated carbocycles. The molecule has 0 spiro atoms. The Kier molecular flexibility index (Phi) is 4.03. The van der Waals surface area contributed by atoms with Gasteiger partial charge in [0.25, 0.3) is 0 Å². The molecule has 38 heavy (non-hydrogen) atoms. The average Bonchev–Trinajstić information content (AvgIpc) is 3.56. The molecule has 0 aromatic rings. The van der Waals surface area contributed by atoms with E-state index in [2.05, 4.69) is 0 Å². The van der Waals surface area contributed by atoms with E-state index in [4.69, 9.17) is 4.74 Å². The van der Waals surface area contributed by atoms with E-state index in [1.54, 1.807) is 0 Å². The number of rotatable bonds is 0. The van der Waals surface area contributed by atoms with Gasteiger partial charge in [-0.2, -0.15) is 0 Å². The quantitative estimate of drug-likeness (QED) is 0.440. The Bertz CT molecular complexity index is 1380. The number of ketones is 4. The van der Waals surface area contributed by atoms with Gasteiger partial charge in [-0.05, 0) is 34.5 Å². The minimum absolute atomic E-state index is 0.0506. The summed E-state index contributed by atoms with van der Waals surface area (Å²) in [5.74, 6) is -9.07. The van der Waals surface area contributed by atoms with Crippen LogP contribution in [0.3, 0.4) is 0 Å². The molecule has 8 heteroatoms. The normalized spacial score (nSPS) is 55.0. The summed E-state index contributed by atoms with van der Waals surface area (Å²) in [5.41, 5.74) is -2.62. The Morgan fingerprint density at radius 1 is 0.684 bits per heavy atom. The van der Waals surface area contributed by atoms with Crippen molar-refractivity contribution in [3.8, 4) is 0 Å². The van der Waals surface area contributed by atoms with E-state index in [9.17, 15) is 34.5 Å². The first-order valence-corrected chi connectivity index (χ1v) is 13.8. The molecule has 12 atom stereocenters. The molecule has 204 valence electrons. The molecule has 7 aliphatic rings. The molecule has 5 fully saturated rings. The van der Waals surface area contributed by atoms with E-state index in [0.29, 0.717) is 0 Å². The van der Waals surface area contributed by atoms with Crippen molar-refractivity contribution in [3.63, 3.8) is 0 Å². The van der Waals surface area contributed by atoms with E-state index < -0.39 is 97.8 Å². The van der Waals surface area contributed by atoms with Crippen LogP contribution in [0.4, 0.5) is 0 Å². The lowest BCUT2D eigenvalue weighted by atomic mass is 9.46. The third-order valence-corrected chi connectivity index (χ3v) is 13.1. The van der Waals surface area contributed by atoms with E-state index in [1.807, 2.05) is 55.4 Å². The molecular weight excluding hydrogens is 488 g/mol. The molecule has 6 aliphatic carbocycles. The van der Waals surface area contributed by atoms with Crippen molar-refractivity contribution in [1.29, 1.82) is 0 Å². The van der Waals surface area contributed by atoms with Gasteiger partial charge in [0.15, 0.2) is 17.3 Å². The predicted molar refractivity (Wildman–Crippen MR) is 132 cm³/mol. The molecule has 1 saturated heterocycles. The second kappa shape index (κ2) is 6.20. The molecule has 12 unspecified atom stereocenters. The standard InChI is InChI=1S/C30H36O8/c1-9-11-12-10(2)29(8)16(20(34)19(33)15-24(29)27(15,5)6)25(36)30(12,37)38-22(11)21(35)13-17(31)18(32)14-23(26(14,3)4)28(9,13)7/h9-12,14-15,22-24,31,34,37H,1-8H3. The number of hydrogen-bond donors (Lipinski definition) is 3. The van der Waals surface area contributed by atoms with Crippen molar-refractivity contribution >= 4 is 23.1 Å². The molecule has 0 bridgehead atoms. The number of aliphatic hydroxyl groups excluding tert-OH is 2. The number of allylic oxidation sites excluding steroid dienone is 2. The summed E-state index contributed by atoms with van der Waals surface area (Å²) >= 11 is 0. The molecule has 0 aromatic heterocycles. The lowest BCUT2D eigenvalue weighted by molar-refractivity contribution is -0.224. The molecule has 1 aliphatic heterocycles. The topological polar surface area (TPSA) is 138 Å². The fraction of sp³-hybridized carbons (Fsp3) is 0.733. The molecule has 0 aromatic carbocycles. The van der Waals surface area contributed by atoms with Crippen molar-refractivity contribution in [3.05, 3.63) is 22.7 Å². The fourth-order valence-electron chi connectivity index (χ4n) is 11.2. The highest BCUT2D eigenvalue weighted by atomic mass is 16.6. The summed E-state index contributed by atoms with van der Waals surface area (Å²) in [7, 11) is 0. The van der Waals surface area contributed by atoms with Crippen LogP contribution in [-0.2, 0) is 23.9 Å². The maximum atomic E-state index is 14.1. The number of ether oxygens (including phenoxy) is 1. The summed E-state index contributed by atoms with van der Waals surface area (Å²) in [6, 6.07) is 0. The van der Waals surface area contributed by atoms with Crippen LogP contribution < -0.4 is 0 Å². The zero-order chi connectivity index (χ0) is 28.0. The van der Waals surface area contributed by atoms with Crippen LogP contribution >= 0.6 is 0 Å². The van der Waals surface area contributed by atoms with Gasteiger partial charge in [0, 0.05) is 40.1 Å². The molecular formula is C30H36O8. The minimum Gasteiger partial charge on any atom is -0.504 e. The Labute approximate surface area is 221 Å². The van der Waals surface area contributed by atoms with Crippen molar-refractivity contribution < 1.29 is 39.2 Å². The number of carbonyl (C=O) groups excluding carboxylic acids is 4. The summed E-state index contributed by atoms with van der Waals surface area (Å²) in [6.07, 6.45) is -1.23. The van der Waals surface area contributed by atoms with Crippen LogP contribution in [0.2, 0.25) is 0 Å². The van der Waals surface area contributed by atoms with Crippen LogP contribution in [0.1, 0.15) is 55.4 Å². The van der Waals surface area contributed by atoms with Gasteiger partial charge in [-0.1, -0.05) is 55.4 Å². The lowest BCUT2D eigenvalue weighted by Gasteiger charge is -2.55. The van der Waals surface area contributed by atoms with Crippen molar-refractivity contribution in [2.24, 2.45) is 69.0 Å². The smallest absolute Gasteiger partial charge is 0.235 e. The van der Waals surface area contributed by atoms with Gasteiger partial charge in [-0.15, -0.1) is 0 Å². The first-order valence-electron chi connectivity index (χ1n) is 13.8. The number of hydrogen-bond acceptors (Lipinski definition) is 8. The third-order valence-electron chi connectivity index (χ3n) is 13.1. The Hall–Kier alpha value is -2.32. The van der Waals surface area contributed by atoms with Gasteiger partial charge < -0.3 is 20.1 Å². The van der Waals surface area contributed by atoms with Crippen LogP contribution in [-0.4, -0.2) is 50.3 Å². The molecule has 1 heterocycles. The van der Waals surface area contributed by atoms with Gasteiger partial charge >= 0.3 is 0 Å². The zero-order valence-corrected chi connectivity index (χ0v) is 23.1. The second-order valence-corrected chi connectivity index (χ2v) is 14.9. The Morgan fingerprint density at radius 3 is 1.63 bits per heavy atom. The van der Waals surface area contributed by atoms with E-state index in [1.165, 1.54) is 0 Å². The van der Waals surface area contributed by atoms with Crippen molar-refractivity contribution in [2.75, 3.05) is 0 Å². The summed E-state index contributed by atoms with van der Waals surface area (Å²) in [6.45, 7) is 15.6. The van der Waals surface area contributed by atoms with Crippen LogP contribution in [0.25, 0.3) is 0 Å². The van der Waals surface area contributed by atoms with Crippen LogP contribution in [0.5, 0.6) is 0 Å². The maximum absolute atomic E-state index is 14.1. The number of carbonyl (C=O) groups is 4.